The number of aromatic nitrogens is 5. The average Bonchev–Trinajstić information content (AvgIpc) is 3.52. The van der Waals surface area contributed by atoms with Crippen molar-refractivity contribution >= 4 is 24.8 Å². The van der Waals surface area contributed by atoms with Gasteiger partial charge in [-0.05, 0) is 39.1 Å². The molecule has 0 fully saturated rings. The number of pyridine rings is 1. The molecule has 0 bridgehead atoms. The highest BCUT2D eigenvalue weighted by Gasteiger charge is 2.22. The lowest BCUT2D eigenvalue weighted by Crippen LogP contribution is -2.31. The van der Waals surface area contributed by atoms with E-state index in [9.17, 15) is 0 Å². The van der Waals surface area contributed by atoms with Crippen LogP contribution >= 0.6 is 24.8 Å². The summed E-state index contributed by atoms with van der Waals surface area (Å²) in [5, 5.41) is 14.4. The van der Waals surface area contributed by atoms with Gasteiger partial charge in [0.1, 0.15) is 12.4 Å². The quantitative estimate of drug-likeness (QED) is 0.229. The molecule has 5 aromatic rings. The minimum absolute atomic E-state index is 0. The molecule has 0 radical (unpaired) electrons. The van der Waals surface area contributed by atoms with Crippen molar-refractivity contribution in [2.75, 3.05) is 6.54 Å². The predicted molar refractivity (Wildman–Crippen MR) is 162 cm³/mol. The minimum Gasteiger partial charge on any atom is -0.488 e. The first-order valence-electron chi connectivity index (χ1n) is 13.1. The second kappa shape index (κ2) is 13.5. The number of ether oxygens (including phenoxy) is 1. The first-order valence-corrected chi connectivity index (χ1v) is 13.1. The summed E-state index contributed by atoms with van der Waals surface area (Å²) < 4.78 is 6.46. The largest absolute Gasteiger partial charge is 0.488 e. The van der Waals surface area contributed by atoms with Gasteiger partial charge in [0.2, 0.25) is 0 Å². The number of benzene rings is 3. The van der Waals surface area contributed by atoms with E-state index >= 15 is 0 Å². The summed E-state index contributed by atoms with van der Waals surface area (Å²) in [6, 6.07) is 29.4. The third kappa shape index (κ3) is 6.50. The fourth-order valence-corrected chi connectivity index (χ4v) is 5.04. The summed E-state index contributed by atoms with van der Waals surface area (Å²) in [6.45, 7) is 5.44. The molecular formula is C31H32Cl2N6O. The molecule has 1 N–H and O–H groups in total. The number of nitrogens with one attached hydrogen (secondary N) is 1. The summed E-state index contributed by atoms with van der Waals surface area (Å²) >= 11 is 0. The van der Waals surface area contributed by atoms with Crippen LogP contribution in [0.5, 0.6) is 5.75 Å². The van der Waals surface area contributed by atoms with E-state index in [-0.39, 0.29) is 24.8 Å². The van der Waals surface area contributed by atoms with E-state index in [0.717, 1.165) is 66.2 Å². The van der Waals surface area contributed by atoms with Gasteiger partial charge in [0, 0.05) is 48.9 Å². The first-order chi connectivity index (χ1) is 18.8. The maximum absolute atomic E-state index is 6.46. The standard InChI is InChI=1S/C31H30N6O.2ClH/c1-2-25-18-30(28-20-37(17-16-29(28)32-25)19-22-8-4-3-5-9-22)38-21-23-12-14-24(15-13-23)26-10-6-7-11-27(26)31-33-35-36-34-31;;/h3-15,18H,2,16-17,19-21H2,1H3,(H,33,34,35,36);2*1H. The van der Waals surface area contributed by atoms with Crippen molar-refractivity contribution in [3.05, 3.63) is 113 Å². The zero-order chi connectivity index (χ0) is 25.7. The fourth-order valence-electron chi connectivity index (χ4n) is 5.04. The number of nitrogens with zero attached hydrogens (tertiary/aromatic N) is 5. The fraction of sp³-hybridized carbons (Fsp3) is 0.226. The van der Waals surface area contributed by atoms with Gasteiger partial charge in [0.05, 0.1) is 5.69 Å². The van der Waals surface area contributed by atoms with Gasteiger partial charge in [-0.2, -0.15) is 0 Å². The third-order valence-corrected chi connectivity index (χ3v) is 7.07. The number of hydrogen-bond acceptors (Lipinski definition) is 6. The Kier molecular flexibility index (Phi) is 9.88. The summed E-state index contributed by atoms with van der Waals surface area (Å²) in [5.41, 5.74) is 9.08. The van der Waals surface area contributed by atoms with E-state index < -0.39 is 0 Å². The van der Waals surface area contributed by atoms with Gasteiger partial charge in [-0.25, -0.2) is 5.10 Å². The molecule has 40 heavy (non-hydrogen) atoms. The summed E-state index contributed by atoms with van der Waals surface area (Å²) in [5.74, 6) is 1.61. The van der Waals surface area contributed by atoms with Crippen molar-refractivity contribution in [1.29, 1.82) is 0 Å². The van der Waals surface area contributed by atoms with Crippen molar-refractivity contribution < 1.29 is 4.74 Å². The van der Waals surface area contributed by atoms with Crippen LogP contribution in [0.4, 0.5) is 0 Å². The number of aromatic amines is 1. The molecule has 7 nitrogen and oxygen atoms in total. The molecule has 9 heteroatoms. The van der Waals surface area contributed by atoms with E-state index in [1.54, 1.807) is 0 Å². The smallest absolute Gasteiger partial charge is 0.180 e. The molecule has 1 aliphatic rings. The molecule has 0 amide bonds. The number of hydrogen-bond donors (Lipinski definition) is 1. The topological polar surface area (TPSA) is 79.8 Å². The van der Waals surface area contributed by atoms with Crippen LogP contribution in [-0.2, 0) is 32.5 Å². The number of halogens is 2. The number of aryl methyl sites for hydroxylation is 1. The Morgan fingerprint density at radius 3 is 2.35 bits per heavy atom. The molecule has 0 saturated heterocycles. The van der Waals surface area contributed by atoms with Crippen molar-refractivity contribution in [2.45, 2.75) is 39.5 Å². The summed E-state index contributed by atoms with van der Waals surface area (Å²) in [6.07, 6.45) is 1.84. The van der Waals surface area contributed by atoms with Crippen LogP contribution in [0.3, 0.4) is 0 Å². The Morgan fingerprint density at radius 2 is 1.62 bits per heavy atom. The van der Waals surface area contributed by atoms with Gasteiger partial charge in [-0.15, -0.1) is 29.9 Å². The molecular weight excluding hydrogens is 543 g/mol. The van der Waals surface area contributed by atoms with Crippen molar-refractivity contribution in [1.82, 2.24) is 30.5 Å². The van der Waals surface area contributed by atoms with Gasteiger partial charge in [0.15, 0.2) is 5.82 Å². The van der Waals surface area contributed by atoms with Gasteiger partial charge in [0.25, 0.3) is 0 Å². The highest BCUT2D eigenvalue weighted by atomic mass is 35.5. The maximum atomic E-state index is 6.46. The highest BCUT2D eigenvalue weighted by molar-refractivity contribution is 5.85. The third-order valence-electron chi connectivity index (χ3n) is 7.07. The van der Waals surface area contributed by atoms with Crippen molar-refractivity contribution in [2.24, 2.45) is 0 Å². The minimum atomic E-state index is 0. The monoisotopic (exact) mass is 574 g/mol. The lowest BCUT2D eigenvalue weighted by molar-refractivity contribution is 0.230. The molecule has 1 aliphatic heterocycles. The van der Waals surface area contributed by atoms with Crippen molar-refractivity contribution in [3.8, 4) is 28.3 Å². The summed E-state index contributed by atoms with van der Waals surface area (Å²) in [4.78, 5) is 7.42. The first kappa shape index (κ1) is 29.2. The molecule has 0 spiro atoms. The zero-order valence-corrected chi connectivity index (χ0v) is 23.9. The second-order valence-electron chi connectivity index (χ2n) is 9.62. The highest BCUT2D eigenvalue weighted by Crippen LogP contribution is 2.32. The molecule has 0 aliphatic carbocycles. The molecule has 206 valence electrons. The number of rotatable bonds is 8. The van der Waals surface area contributed by atoms with Crippen LogP contribution in [0, 0.1) is 0 Å². The van der Waals surface area contributed by atoms with E-state index in [0.29, 0.717) is 12.4 Å². The van der Waals surface area contributed by atoms with Crippen molar-refractivity contribution in [3.63, 3.8) is 0 Å². The van der Waals surface area contributed by atoms with Crippen LogP contribution in [0.2, 0.25) is 0 Å². The van der Waals surface area contributed by atoms with Gasteiger partial charge >= 0.3 is 0 Å². The second-order valence-corrected chi connectivity index (χ2v) is 9.62. The lowest BCUT2D eigenvalue weighted by atomic mass is 9.98. The zero-order valence-electron chi connectivity index (χ0n) is 22.3. The SMILES string of the molecule is CCc1cc(OCc2ccc(-c3ccccc3-c3nnn[nH]3)cc2)c2c(n1)CCN(Cc1ccccc1)C2.Cl.Cl. The number of fused-ring (bicyclic) bond motifs is 1. The van der Waals surface area contributed by atoms with E-state index in [1.165, 1.54) is 16.8 Å². The molecule has 3 aromatic carbocycles. The molecule has 3 heterocycles. The molecule has 2 aromatic heterocycles. The van der Waals surface area contributed by atoms with Gasteiger partial charge in [-0.1, -0.05) is 85.8 Å². The Hall–Kier alpha value is -3.78. The Labute approximate surface area is 246 Å². The molecule has 6 rings (SSSR count). The van der Waals surface area contributed by atoms with Gasteiger partial charge in [-0.3, -0.25) is 9.88 Å². The average molecular weight is 576 g/mol. The van der Waals surface area contributed by atoms with E-state index in [2.05, 4.69) is 99.2 Å². The number of tetrazole rings is 1. The maximum Gasteiger partial charge on any atom is 0.180 e. The Morgan fingerprint density at radius 1 is 0.875 bits per heavy atom. The lowest BCUT2D eigenvalue weighted by Gasteiger charge is -2.30. The number of H-pyrrole nitrogens is 1. The summed E-state index contributed by atoms with van der Waals surface area (Å²) in [7, 11) is 0. The molecule has 0 atom stereocenters. The van der Waals surface area contributed by atoms with E-state index in [4.69, 9.17) is 9.72 Å². The van der Waals surface area contributed by atoms with Gasteiger partial charge < -0.3 is 4.74 Å². The van der Waals surface area contributed by atoms with Crippen LogP contribution in [0.15, 0.2) is 84.9 Å². The molecule has 0 unspecified atom stereocenters. The van der Waals surface area contributed by atoms with Crippen LogP contribution in [0.1, 0.15) is 35.0 Å². The Balaban J connectivity index is 0.00000185. The Bertz CT molecular complexity index is 1510. The van der Waals surface area contributed by atoms with Crippen LogP contribution in [-0.4, -0.2) is 37.1 Å². The predicted octanol–water partition coefficient (Wildman–Crippen LogP) is 6.47. The molecule has 0 saturated carbocycles. The van der Waals surface area contributed by atoms with Crippen LogP contribution < -0.4 is 4.74 Å². The van der Waals surface area contributed by atoms with E-state index in [1.807, 2.05) is 18.2 Å². The normalized spacial score (nSPS) is 12.6. The van der Waals surface area contributed by atoms with Crippen LogP contribution in [0.25, 0.3) is 22.5 Å².